The summed E-state index contributed by atoms with van der Waals surface area (Å²) in [4.78, 5) is 2.16. The quantitative estimate of drug-likeness (QED) is 0.882. The number of β-amino-alcohol motifs (C(OH)–C–C–N with tert-alkyl or cyclic N) is 1. The van der Waals surface area contributed by atoms with E-state index in [0.29, 0.717) is 6.54 Å². The summed E-state index contributed by atoms with van der Waals surface area (Å²) in [7, 11) is 1.87. The number of benzene rings is 1. The molecule has 106 valence electrons. The second-order valence-electron chi connectivity index (χ2n) is 5.74. The molecule has 0 aromatic heterocycles. The molecule has 1 fully saturated rings. The molecule has 1 heterocycles. The first-order valence-corrected chi connectivity index (χ1v) is 6.87. The topological polar surface area (TPSA) is 35.5 Å². The number of rotatable bonds is 3. The highest BCUT2D eigenvalue weighted by atomic mass is 19.1. The molecule has 2 unspecified atom stereocenters. The molecule has 2 atom stereocenters. The van der Waals surface area contributed by atoms with Crippen LogP contribution in [-0.4, -0.2) is 30.8 Å². The van der Waals surface area contributed by atoms with Gasteiger partial charge in [0.1, 0.15) is 5.82 Å². The highest BCUT2D eigenvalue weighted by molar-refractivity contribution is 5.55. The van der Waals surface area contributed by atoms with Gasteiger partial charge in [-0.25, -0.2) is 4.39 Å². The third kappa shape index (κ3) is 3.25. The van der Waals surface area contributed by atoms with Crippen LogP contribution in [0.1, 0.15) is 38.3 Å². The van der Waals surface area contributed by atoms with Gasteiger partial charge in [0.15, 0.2) is 0 Å². The van der Waals surface area contributed by atoms with Crippen molar-refractivity contribution in [3.05, 3.63) is 29.6 Å². The third-order valence-corrected chi connectivity index (χ3v) is 3.90. The molecule has 19 heavy (non-hydrogen) atoms. The summed E-state index contributed by atoms with van der Waals surface area (Å²) in [6, 6.07) is 4.97. The van der Waals surface area contributed by atoms with Gasteiger partial charge in [-0.2, -0.15) is 0 Å². The van der Waals surface area contributed by atoms with E-state index >= 15 is 0 Å². The minimum atomic E-state index is -0.660. The van der Waals surface area contributed by atoms with Crippen molar-refractivity contribution in [2.45, 2.75) is 38.3 Å². The van der Waals surface area contributed by atoms with Crippen molar-refractivity contribution in [3.63, 3.8) is 0 Å². The lowest BCUT2D eigenvalue weighted by Crippen LogP contribution is -2.46. The molecular weight excluding hydrogens is 243 g/mol. The van der Waals surface area contributed by atoms with Crippen molar-refractivity contribution in [3.8, 4) is 0 Å². The fraction of sp³-hybridized carbons (Fsp3) is 0.600. The van der Waals surface area contributed by atoms with Crippen molar-refractivity contribution < 1.29 is 9.50 Å². The Kier molecular flexibility index (Phi) is 4.11. The zero-order valence-electron chi connectivity index (χ0n) is 11.9. The van der Waals surface area contributed by atoms with Crippen LogP contribution < -0.4 is 10.2 Å². The number of nitrogens with zero attached hydrogens (tertiary/aromatic N) is 1. The Bertz CT molecular complexity index is 448. The standard InChI is InChI=1S/C15H23FN2O/c1-11(17-3)13-9-12(16)5-6-14(13)18-8-4-7-15(2,19)10-18/h5-6,9,11,17,19H,4,7-8,10H2,1-3H3. The number of aliphatic hydroxyl groups is 1. The average Bonchev–Trinajstić information content (AvgIpc) is 2.36. The van der Waals surface area contributed by atoms with Gasteiger partial charge < -0.3 is 15.3 Å². The normalized spacial score (nSPS) is 25.4. The molecule has 0 amide bonds. The lowest BCUT2D eigenvalue weighted by Gasteiger charge is -2.39. The molecule has 3 nitrogen and oxygen atoms in total. The van der Waals surface area contributed by atoms with E-state index in [9.17, 15) is 9.50 Å². The third-order valence-electron chi connectivity index (χ3n) is 3.90. The number of anilines is 1. The zero-order valence-corrected chi connectivity index (χ0v) is 11.9. The summed E-state index contributed by atoms with van der Waals surface area (Å²) in [6.07, 6.45) is 1.78. The van der Waals surface area contributed by atoms with E-state index in [1.807, 2.05) is 27.0 Å². The van der Waals surface area contributed by atoms with Crippen molar-refractivity contribution in [2.75, 3.05) is 25.0 Å². The van der Waals surface area contributed by atoms with Crippen LogP contribution >= 0.6 is 0 Å². The maximum Gasteiger partial charge on any atom is 0.123 e. The molecular formula is C15H23FN2O. The van der Waals surface area contributed by atoms with Gasteiger partial charge in [-0.15, -0.1) is 0 Å². The van der Waals surface area contributed by atoms with E-state index in [0.717, 1.165) is 30.6 Å². The van der Waals surface area contributed by atoms with Gasteiger partial charge in [-0.1, -0.05) is 0 Å². The highest BCUT2D eigenvalue weighted by Crippen LogP contribution is 2.31. The Morgan fingerprint density at radius 2 is 2.21 bits per heavy atom. The number of hydrogen-bond donors (Lipinski definition) is 2. The minimum absolute atomic E-state index is 0.0811. The van der Waals surface area contributed by atoms with Crippen molar-refractivity contribution in [1.29, 1.82) is 0 Å². The molecule has 4 heteroatoms. The van der Waals surface area contributed by atoms with Gasteiger partial charge in [-0.05, 0) is 57.5 Å². The van der Waals surface area contributed by atoms with Crippen molar-refractivity contribution >= 4 is 5.69 Å². The van der Waals surface area contributed by atoms with Crippen LogP contribution in [0, 0.1) is 5.82 Å². The average molecular weight is 266 g/mol. The van der Waals surface area contributed by atoms with E-state index in [1.165, 1.54) is 6.07 Å². The molecule has 2 rings (SSSR count). The van der Waals surface area contributed by atoms with Crippen molar-refractivity contribution in [2.24, 2.45) is 0 Å². The first-order chi connectivity index (χ1) is 8.93. The lowest BCUT2D eigenvalue weighted by molar-refractivity contribution is 0.0448. The molecule has 1 aliphatic heterocycles. The second kappa shape index (κ2) is 5.47. The van der Waals surface area contributed by atoms with E-state index < -0.39 is 5.60 Å². The molecule has 1 aromatic rings. The van der Waals surface area contributed by atoms with Crippen LogP contribution in [0.25, 0.3) is 0 Å². The fourth-order valence-corrected chi connectivity index (χ4v) is 2.74. The molecule has 0 spiro atoms. The van der Waals surface area contributed by atoms with Gasteiger partial charge in [-0.3, -0.25) is 0 Å². The fourth-order valence-electron chi connectivity index (χ4n) is 2.74. The van der Waals surface area contributed by atoms with Gasteiger partial charge in [0, 0.05) is 24.8 Å². The Morgan fingerprint density at radius 1 is 1.47 bits per heavy atom. The maximum absolute atomic E-state index is 13.5. The zero-order chi connectivity index (χ0) is 14.0. The minimum Gasteiger partial charge on any atom is -0.388 e. The molecule has 0 radical (unpaired) electrons. The summed E-state index contributed by atoms with van der Waals surface area (Å²) in [6.45, 7) is 5.39. The van der Waals surface area contributed by atoms with Crippen LogP contribution in [0.2, 0.25) is 0 Å². The van der Waals surface area contributed by atoms with Gasteiger partial charge in [0.2, 0.25) is 0 Å². The molecule has 2 N–H and O–H groups in total. The molecule has 0 aliphatic carbocycles. The Hall–Kier alpha value is -1.13. The largest absolute Gasteiger partial charge is 0.388 e. The second-order valence-corrected chi connectivity index (χ2v) is 5.74. The van der Waals surface area contributed by atoms with Crippen LogP contribution in [0.5, 0.6) is 0 Å². The summed E-state index contributed by atoms with van der Waals surface area (Å²) in [5, 5.41) is 13.4. The van der Waals surface area contributed by atoms with E-state index in [2.05, 4.69) is 10.2 Å². The first kappa shape index (κ1) is 14.3. The van der Waals surface area contributed by atoms with E-state index in [1.54, 1.807) is 6.07 Å². The van der Waals surface area contributed by atoms with E-state index in [4.69, 9.17) is 0 Å². The maximum atomic E-state index is 13.5. The van der Waals surface area contributed by atoms with Crippen molar-refractivity contribution in [1.82, 2.24) is 5.32 Å². The summed E-state index contributed by atoms with van der Waals surface area (Å²) >= 11 is 0. The van der Waals surface area contributed by atoms with Crippen LogP contribution in [0.3, 0.4) is 0 Å². The summed E-state index contributed by atoms with van der Waals surface area (Å²) in [5.74, 6) is -0.218. The SMILES string of the molecule is CNC(C)c1cc(F)ccc1N1CCCC(C)(O)C1. The smallest absolute Gasteiger partial charge is 0.123 e. The van der Waals surface area contributed by atoms with E-state index in [-0.39, 0.29) is 11.9 Å². The first-order valence-electron chi connectivity index (χ1n) is 6.87. The Morgan fingerprint density at radius 3 is 2.84 bits per heavy atom. The summed E-state index contributed by atoms with van der Waals surface area (Å²) in [5.41, 5.74) is 1.30. The highest BCUT2D eigenvalue weighted by Gasteiger charge is 2.29. The van der Waals surface area contributed by atoms with Gasteiger partial charge in [0.05, 0.1) is 5.60 Å². The number of piperidine rings is 1. The molecule has 0 bridgehead atoms. The van der Waals surface area contributed by atoms with Crippen LogP contribution in [0.15, 0.2) is 18.2 Å². The molecule has 1 aromatic carbocycles. The Balaban J connectivity index is 2.33. The molecule has 1 aliphatic rings. The number of hydrogen-bond acceptors (Lipinski definition) is 3. The summed E-state index contributed by atoms with van der Waals surface area (Å²) < 4.78 is 13.5. The van der Waals surface area contributed by atoms with Crippen LogP contribution in [-0.2, 0) is 0 Å². The lowest BCUT2D eigenvalue weighted by atomic mass is 9.93. The number of halogens is 1. The van der Waals surface area contributed by atoms with Gasteiger partial charge in [0.25, 0.3) is 0 Å². The van der Waals surface area contributed by atoms with Gasteiger partial charge >= 0.3 is 0 Å². The monoisotopic (exact) mass is 266 g/mol. The van der Waals surface area contributed by atoms with Crippen LogP contribution in [0.4, 0.5) is 10.1 Å². The number of nitrogens with one attached hydrogen (secondary N) is 1. The predicted molar refractivity (Wildman–Crippen MR) is 75.9 cm³/mol. The molecule has 0 saturated carbocycles. The predicted octanol–water partition coefficient (Wildman–Crippen LogP) is 2.46. The Labute approximate surface area is 114 Å². The molecule has 1 saturated heterocycles.